The Morgan fingerprint density at radius 2 is 2.09 bits per heavy atom. The van der Waals surface area contributed by atoms with Crippen LogP contribution in [0.15, 0.2) is 30.6 Å². The summed E-state index contributed by atoms with van der Waals surface area (Å²) in [6, 6.07) is 5.83. The first kappa shape index (κ1) is 19.9. The topological polar surface area (TPSA) is 78.2 Å². The van der Waals surface area contributed by atoms with Crippen molar-refractivity contribution in [3.63, 3.8) is 0 Å². The molecule has 0 bridgehead atoms. The van der Waals surface area contributed by atoms with Gasteiger partial charge in [0.15, 0.2) is 11.6 Å². The molecule has 4 aromatic rings. The van der Waals surface area contributed by atoms with E-state index in [1.54, 1.807) is 17.9 Å². The van der Waals surface area contributed by atoms with Gasteiger partial charge in [-0.05, 0) is 25.5 Å². The molecule has 0 saturated carbocycles. The molecule has 9 heteroatoms. The Morgan fingerprint density at radius 3 is 2.91 bits per heavy atom. The molecule has 2 aliphatic heterocycles. The van der Waals surface area contributed by atoms with Crippen LogP contribution in [0.3, 0.4) is 0 Å². The molecular weight excluding hydrogens is 423 g/mol. The largest absolute Gasteiger partial charge is 0.490 e. The minimum atomic E-state index is -0.446. The Hall–Kier alpha value is -3.77. The van der Waals surface area contributed by atoms with Crippen molar-refractivity contribution in [3.8, 4) is 17.6 Å². The van der Waals surface area contributed by atoms with Gasteiger partial charge in [0.1, 0.15) is 11.3 Å². The summed E-state index contributed by atoms with van der Waals surface area (Å²) in [6.45, 7) is 4.47. The lowest BCUT2D eigenvalue weighted by atomic mass is 9.89. The third-order valence-corrected chi connectivity index (χ3v) is 6.05. The van der Waals surface area contributed by atoms with Gasteiger partial charge in [0.05, 0.1) is 48.1 Å². The number of para-hydroxylation sites is 1. The monoisotopic (exact) mass is 444 g/mol. The standard InChI is InChI=1S/C24H21FN6O2/c1-24(13-32-14-24)8-7-15-5-3-6-18-21(15)33-10-4-9-31(18)23-19-16(11-26-12-17(19)25)20-22(27-23)28-29-30(20)2/h3,5-6,11-12H,4,9-10,13-14H2,1-2H3. The molecule has 166 valence electrons. The number of hydrogen-bond donors (Lipinski definition) is 0. The highest BCUT2D eigenvalue weighted by atomic mass is 19.1. The molecule has 33 heavy (non-hydrogen) atoms. The van der Waals surface area contributed by atoms with E-state index in [1.165, 1.54) is 6.20 Å². The SMILES string of the molecule is Cn1nnc2nc(N3CCCOc4c(C#CC5(C)COC5)cccc43)c3c(F)cncc3c21. The van der Waals surface area contributed by atoms with E-state index in [4.69, 9.17) is 14.5 Å². The summed E-state index contributed by atoms with van der Waals surface area (Å²) in [6.07, 6.45) is 3.58. The first-order valence-electron chi connectivity index (χ1n) is 10.8. The van der Waals surface area contributed by atoms with Crippen LogP contribution in [-0.2, 0) is 11.8 Å². The Kier molecular flexibility index (Phi) is 4.45. The molecule has 3 aromatic heterocycles. The van der Waals surface area contributed by atoms with E-state index >= 15 is 4.39 Å². The van der Waals surface area contributed by atoms with Gasteiger partial charge in [-0.3, -0.25) is 4.98 Å². The Balaban J connectivity index is 1.57. The average Bonchev–Trinajstić information content (AvgIpc) is 3.03. The summed E-state index contributed by atoms with van der Waals surface area (Å²) in [5.74, 6) is 7.31. The average molecular weight is 444 g/mol. The highest BCUT2D eigenvalue weighted by Crippen LogP contribution is 2.41. The molecule has 0 unspecified atom stereocenters. The summed E-state index contributed by atoms with van der Waals surface area (Å²) < 4.78 is 28.2. The van der Waals surface area contributed by atoms with E-state index in [2.05, 4.69) is 34.1 Å². The fourth-order valence-corrected chi connectivity index (χ4v) is 4.33. The summed E-state index contributed by atoms with van der Waals surface area (Å²) in [7, 11) is 1.76. The van der Waals surface area contributed by atoms with Gasteiger partial charge in [0, 0.05) is 25.2 Å². The van der Waals surface area contributed by atoms with Gasteiger partial charge in [-0.15, -0.1) is 5.10 Å². The van der Waals surface area contributed by atoms with Crippen LogP contribution < -0.4 is 9.64 Å². The molecule has 0 amide bonds. The zero-order chi connectivity index (χ0) is 22.6. The number of benzene rings is 1. The molecule has 8 nitrogen and oxygen atoms in total. The second-order valence-electron chi connectivity index (χ2n) is 8.68. The van der Waals surface area contributed by atoms with E-state index in [0.29, 0.717) is 59.9 Å². The van der Waals surface area contributed by atoms with Gasteiger partial charge in [-0.25, -0.2) is 14.1 Å². The molecule has 0 aliphatic carbocycles. The van der Waals surface area contributed by atoms with Crippen molar-refractivity contribution in [2.24, 2.45) is 12.5 Å². The van der Waals surface area contributed by atoms with Crippen molar-refractivity contribution < 1.29 is 13.9 Å². The smallest absolute Gasteiger partial charge is 0.204 e. The summed E-state index contributed by atoms with van der Waals surface area (Å²) in [5.41, 5.74) is 2.52. The molecule has 2 aliphatic rings. The number of anilines is 2. The van der Waals surface area contributed by atoms with E-state index in [1.807, 2.05) is 23.1 Å². The van der Waals surface area contributed by atoms with Crippen molar-refractivity contribution in [2.75, 3.05) is 31.3 Å². The van der Waals surface area contributed by atoms with Crippen molar-refractivity contribution in [2.45, 2.75) is 13.3 Å². The van der Waals surface area contributed by atoms with Crippen molar-refractivity contribution >= 4 is 33.4 Å². The lowest BCUT2D eigenvalue weighted by molar-refractivity contribution is -0.0648. The Labute approximate surface area is 189 Å². The Bertz CT molecular complexity index is 1470. The number of aryl methyl sites for hydroxylation is 1. The number of hydrogen-bond acceptors (Lipinski definition) is 7. The third kappa shape index (κ3) is 3.17. The van der Waals surface area contributed by atoms with Crippen LogP contribution in [0.1, 0.15) is 18.9 Å². The van der Waals surface area contributed by atoms with Crippen LogP contribution in [0.2, 0.25) is 0 Å². The molecule has 6 rings (SSSR count). The predicted octanol–water partition coefficient (Wildman–Crippen LogP) is 3.36. The molecule has 0 N–H and O–H groups in total. The summed E-state index contributed by atoms with van der Waals surface area (Å²) >= 11 is 0. The van der Waals surface area contributed by atoms with Gasteiger partial charge >= 0.3 is 0 Å². The molecule has 0 radical (unpaired) electrons. The number of rotatable bonds is 1. The Morgan fingerprint density at radius 1 is 1.21 bits per heavy atom. The van der Waals surface area contributed by atoms with Gasteiger partial charge < -0.3 is 14.4 Å². The van der Waals surface area contributed by atoms with Crippen molar-refractivity contribution in [1.82, 2.24) is 25.0 Å². The molecule has 1 aromatic carbocycles. The van der Waals surface area contributed by atoms with Crippen molar-refractivity contribution in [1.29, 1.82) is 0 Å². The van der Waals surface area contributed by atoms with Crippen LogP contribution in [-0.4, -0.2) is 51.3 Å². The number of aromatic nitrogens is 5. The molecule has 0 atom stereocenters. The molecule has 0 spiro atoms. The maximum Gasteiger partial charge on any atom is 0.204 e. The second-order valence-corrected chi connectivity index (χ2v) is 8.68. The molecule has 1 fully saturated rings. The molecule has 5 heterocycles. The quantitative estimate of drug-likeness (QED) is 0.417. The first-order valence-corrected chi connectivity index (χ1v) is 10.8. The van der Waals surface area contributed by atoms with E-state index in [0.717, 1.165) is 17.7 Å². The van der Waals surface area contributed by atoms with E-state index in [9.17, 15) is 0 Å². The van der Waals surface area contributed by atoms with Gasteiger partial charge in [-0.2, -0.15) is 0 Å². The van der Waals surface area contributed by atoms with Gasteiger partial charge in [0.25, 0.3) is 0 Å². The maximum atomic E-state index is 15.2. The zero-order valence-electron chi connectivity index (χ0n) is 18.3. The maximum absolute atomic E-state index is 15.2. The highest BCUT2D eigenvalue weighted by molar-refractivity contribution is 6.08. The van der Waals surface area contributed by atoms with Crippen LogP contribution in [0.25, 0.3) is 21.9 Å². The van der Waals surface area contributed by atoms with Gasteiger partial charge in [-0.1, -0.05) is 23.1 Å². The van der Waals surface area contributed by atoms with Crippen LogP contribution in [0, 0.1) is 23.1 Å². The first-order chi connectivity index (χ1) is 16.0. The highest BCUT2D eigenvalue weighted by Gasteiger charge is 2.31. The number of ether oxygens (including phenoxy) is 2. The van der Waals surface area contributed by atoms with Gasteiger partial charge in [0.2, 0.25) is 5.65 Å². The summed E-state index contributed by atoms with van der Waals surface area (Å²) in [4.78, 5) is 10.8. The van der Waals surface area contributed by atoms with Crippen LogP contribution >= 0.6 is 0 Å². The normalized spacial score (nSPS) is 17.0. The number of pyridine rings is 2. The van der Waals surface area contributed by atoms with Crippen LogP contribution in [0.5, 0.6) is 5.75 Å². The fraction of sp³-hybridized carbons (Fsp3) is 0.333. The second kappa shape index (κ2) is 7.39. The number of nitrogens with zero attached hydrogens (tertiary/aromatic N) is 6. The minimum Gasteiger partial charge on any atom is -0.490 e. The number of fused-ring (bicyclic) bond motifs is 4. The predicted molar refractivity (Wildman–Crippen MR) is 121 cm³/mol. The fourth-order valence-electron chi connectivity index (χ4n) is 4.33. The minimum absolute atomic E-state index is 0.141. The number of halogens is 1. The summed E-state index contributed by atoms with van der Waals surface area (Å²) in [5, 5.41) is 9.26. The van der Waals surface area contributed by atoms with E-state index < -0.39 is 5.82 Å². The lowest BCUT2D eigenvalue weighted by Crippen LogP contribution is -2.38. The zero-order valence-corrected chi connectivity index (χ0v) is 18.3. The molecular formula is C24H21FN6O2. The molecule has 1 saturated heterocycles. The third-order valence-electron chi connectivity index (χ3n) is 6.05. The van der Waals surface area contributed by atoms with Crippen LogP contribution in [0.4, 0.5) is 15.9 Å². The lowest BCUT2D eigenvalue weighted by Gasteiger charge is -2.32. The van der Waals surface area contributed by atoms with Crippen molar-refractivity contribution in [3.05, 3.63) is 42.0 Å². The van der Waals surface area contributed by atoms with E-state index in [-0.39, 0.29) is 5.41 Å².